The molecule has 0 saturated carbocycles. The molecule has 2 unspecified atom stereocenters. The number of hydrogen-bond acceptors (Lipinski definition) is 4. The zero-order chi connectivity index (χ0) is 16.5. The summed E-state index contributed by atoms with van der Waals surface area (Å²) in [4.78, 5) is 11.3. The first-order valence-corrected chi connectivity index (χ1v) is 9.12. The number of rotatable bonds is 5. The number of amides is 1. The van der Waals surface area contributed by atoms with E-state index in [4.69, 9.17) is 27.9 Å². The summed E-state index contributed by atoms with van der Waals surface area (Å²) >= 11 is 12.2. The van der Waals surface area contributed by atoms with Gasteiger partial charge in [0, 0.05) is 18.3 Å². The van der Waals surface area contributed by atoms with Gasteiger partial charge in [0.2, 0.25) is 0 Å². The van der Waals surface area contributed by atoms with Crippen LogP contribution in [0, 0.1) is 5.92 Å². The first kappa shape index (κ1) is 17.4. The van der Waals surface area contributed by atoms with Gasteiger partial charge in [0.25, 0.3) is 15.9 Å². The number of ether oxygens (including phenoxy) is 1. The minimum atomic E-state index is -3.95. The number of sulfonamides is 1. The molecule has 0 bridgehead atoms. The molecule has 5 nitrogen and oxygen atoms in total. The van der Waals surface area contributed by atoms with E-state index in [-0.39, 0.29) is 17.3 Å². The molecule has 1 aliphatic heterocycles. The lowest BCUT2D eigenvalue weighted by molar-refractivity contribution is -0.126. The fourth-order valence-electron chi connectivity index (χ4n) is 2.50. The van der Waals surface area contributed by atoms with Crippen LogP contribution in [-0.4, -0.2) is 43.0 Å². The van der Waals surface area contributed by atoms with Crippen molar-refractivity contribution in [1.29, 1.82) is 0 Å². The number of benzene rings is 1. The zero-order valence-electron chi connectivity index (χ0n) is 12.3. The van der Waals surface area contributed by atoms with Crippen LogP contribution >= 0.6 is 23.2 Å². The average molecular weight is 366 g/mol. The van der Waals surface area contributed by atoms with Crippen LogP contribution in [0.3, 0.4) is 0 Å². The Kier molecular flexibility index (Phi) is 4.94. The predicted molar refractivity (Wildman–Crippen MR) is 85.0 cm³/mol. The first-order chi connectivity index (χ1) is 10.3. The van der Waals surface area contributed by atoms with Crippen molar-refractivity contribution >= 4 is 39.1 Å². The monoisotopic (exact) mass is 365 g/mol. The largest absolute Gasteiger partial charge is 0.497 e. The van der Waals surface area contributed by atoms with Gasteiger partial charge >= 0.3 is 0 Å². The molecule has 1 aliphatic rings. The van der Waals surface area contributed by atoms with Gasteiger partial charge in [-0.05, 0) is 30.7 Å². The van der Waals surface area contributed by atoms with Crippen molar-refractivity contribution in [3.63, 3.8) is 0 Å². The van der Waals surface area contributed by atoms with Gasteiger partial charge < -0.3 is 4.74 Å². The minimum Gasteiger partial charge on any atom is -0.497 e. The predicted octanol–water partition coefficient (Wildman–Crippen LogP) is 2.47. The molecule has 2 rings (SSSR count). The molecule has 8 heteroatoms. The number of hydrogen-bond donors (Lipinski definition) is 0. The summed E-state index contributed by atoms with van der Waals surface area (Å²) in [5, 5.41) is 0. The van der Waals surface area contributed by atoms with Crippen molar-refractivity contribution in [3.8, 4) is 5.75 Å². The van der Waals surface area contributed by atoms with Crippen molar-refractivity contribution in [2.75, 3.05) is 19.5 Å². The fourth-order valence-corrected chi connectivity index (χ4v) is 4.73. The van der Waals surface area contributed by atoms with Crippen molar-refractivity contribution in [1.82, 2.24) is 4.31 Å². The lowest BCUT2D eigenvalue weighted by atomic mass is 9.94. The quantitative estimate of drug-likeness (QED) is 0.751. The summed E-state index contributed by atoms with van der Waals surface area (Å²) in [5.41, 5.74) is 0. The van der Waals surface area contributed by atoms with E-state index in [9.17, 15) is 13.2 Å². The molecule has 1 aromatic rings. The summed E-state index contributed by atoms with van der Waals surface area (Å²) < 4.78 is 31.2. The third-order valence-corrected chi connectivity index (χ3v) is 6.84. The summed E-state index contributed by atoms with van der Waals surface area (Å²) in [6.45, 7) is 1.74. The van der Waals surface area contributed by atoms with E-state index >= 15 is 0 Å². The van der Waals surface area contributed by atoms with Crippen LogP contribution in [0.15, 0.2) is 29.2 Å². The molecule has 1 amide bonds. The molecule has 1 saturated heterocycles. The van der Waals surface area contributed by atoms with Crippen LogP contribution in [-0.2, 0) is 14.8 Å². The fraction of sp³-hybridized carbons (Fsp3) is 0.500. The highest BCUT2D eigenvalue weighted by atomic mass is 35.5. The maximum Gasteiger partial charge on any atom is 0.266 e. The molecule has 0 N–H and O–H groups in total. The van der Waals surface area contributed by atoms with Crippen LogP contribution in [0.1, 0.15) is 13.3 Å². The standard InChI is InChI=1S/C14H17Cl2NO4S/c1-3-14(16)10(8-15)9-17(13(14)18)22(19,20)12-6-4-11(21-2)5-7-12/h4-7,10H,3,8-9H2,1-2H3. The number of carbonyl (C=O) groups is 1. The van der Waals surface area contributed by atoms with E-state index in [0.29, 0.717) is 12.2 Å². The van der Waals surface area contributed by atoms with Crippen LogP contribution < -0.4 is 4.74 Å². The molecule has 0 aliphatic carbocycles. The Morgan fingerprint density at radius 3 is 2.36 bits per heavy atom. The third kappa shape index (κ3) is 2.68. The van der Waals surface area contributed by atoms with E-state index in [0.717, 1.165) is 4.31 Å². The molecule has 1 fully saturated rings. The molecule has 1 heterocycles. The molecule has 122 valence electrons. The molecule has 22 heavy (non-hydrogen) atoms. The van der Waals surface area contributed by atoms with Crippen molar-refractivity contribution in [2.45, 2.75) is 23.1 Å². The van der Waals surface area contributed by atoms with E-state index in [1.54, 1.807) is 6.92 Å². The van der Waals surface area contributed by atoms with Gasteiger partial charge in [0.1, 0.15) is 10.6 Å². The normalized spacial score (nSPS) is 25.5. The topological polar surface area (TPSA) is 63.7 Å². The highest BCUT2D eigenvalue weighted by Crippen LogP contribution is 2.41. The Morgan fingerprint density at radius 2 is 1.95 bits per heavy atom. The summed E-state index contributed by atoms with van der Waals surface area (Å²) in [6.07, 6.45) is 0.319. The van der Waals surface area contributed by atoms with Crippen molar-refractivity contribution in [2.24, 2.45) is 5.92 Å². The van der Waals surface area contributed by atoms with Crippen LogP contribution in [0.25, 0.3) is 0 Å². The third-order valence-electron chi connectivity index (χ3n) is 3.96. The molecular weight excluding hydrogens is 349 g/mol. The van der Waals surface area contributed by atoms with E-state index < -0.39 is 26.7 Å². The van der Waals surface area contributed by atoms with Crippen LogP contribution in [0.4, 0.5) is 0 Å². The van der Waals surface area contributed by atoms with E-state index in [2.05, 4.69) is 0 Å². The maximum atomic E-state index is 12.7. The molecule has 0 radical (unpaired) electrons. The lowest BCUT2D eigenvalue weighted by Crippen LogP contribution is -2.40. The maximum absolute atomic E-state index is 12.7. The molecule has 0 aromatic heterocycles. The van der Waals surface area contributed by atoms with Gasteiger partial charge in [-0.2, -0.15) is 0 Å². The van der Waals surface area contributed by atoms with Crippen LogP contribution in [0.5, 0.6) is 5.75 Å². The molecule has 1 aromatic carbocycles. The van der Waals surface area contributed by atoms with Gasteiger partial charge in [-0.1, -0.05) is 6.92 Å². The second-order valence-corrected chi connectivity index (χ2v) is 7.93. The smallest absolute Gasteiger partial charge is 0.266 e. The second-order valence-electron chi connectivity index (χ2n) is 5.08. The lowest BCUT2D eigenvalue weighted by Gasteiger charge is -2.22. The van der Waals surface area contributed by atoms with Crippen LogP contribution in [0.2, 0.25) is 0 Å². The zero-order valence-corrected chi connectivity index (χ0v) is 14.6. The summed E-state index contributed by atoms with van der Waals surface area (Å²) in [7, 11) is -2.46. The molecule has 0 spiro atoms. The van der Waals surface area contributed by atoms with E-state index in [1.165, 1.54) is 31.4 Å². The van der Waals surface area contributed by atoms with Crippen molar-refractivity contribution in [3.05, 3.63) is 24.3 Å². The van der Waals surface area contributed by atoms with Gasteiger partial charge in [0.05, 0.1) is 12.0 Å². The number of halogens is 2. The van der Waals surface area contributed by atoms with Gasteiger partial charge in [-0.25, -0.2) is 12.7 Å². The number of nitrogens with zero attached hydrogens (tertiary/aromatic N) is 1. The highest BCUT2D eigenvalue weighted by Gasteiger charge is 2.55. The molecular formula is C14H17Cl2NO4S. The Balaban J connectivity index is 2.39. The van der Waals surface area contributed by atoms with E-state index in [1.807, 2.05) is 0 Å². The van der Waals surface area contributed by atoms with Gasteiger partial charge in [-0.3, -0.25) is 4.79 Å². The highest BCUT2D eigenvalue weighted by molar-refractivity contribution is 7.89. The Bertz CT molecular complexity index is 662. The average Bonchev–Trinajstić information content (AvgIpc) is 2.80. The van der Waals surface area contributed by atoms with Gasteiger partial charge in [0.15, 0.2) is 0 Å². The Hall–Kier alpha value is -0.980. The Morgan fingerprint density at radius 1 is 1.36 bits per heavy atom. The first-order valence-electron chi connectivity index (χ1n) is 6.77. The second kappa shape index (κ2) is 6.26. The number of alkyl halides is 2. The number of methoxy groups -OCH3 is 1. The summed E-state index contributed by atoms with van der Waals surface area (Å²) in [5.74, 6) is -0.373. The number of carbonyl (C=O) groups excluding carboxylic acids is 1. The minimum absolute atomic E-state index is 0.00592. The SMILES string of the molecule is CCC1(Cl)C(=O)N(S(=O)(=O)c2ccc(OC)cc2)CC1CCl. The molecule has 2 atom stereocenters. The Labute approximate surface area is 140 Å². The summed E-state index contributed by atoms with van der Waals surface area (Å²) in [6, 6.07) is 5.86. The van der Waals surface area contributed by atoms with Crippen molar-refractivity contribution < 1.29 is 17.9 Å². The van der Waals surface area contributed by atoms with Gasteiger partial charge in [-0.15, -0.1) is 23.2 Å².